The molecule has 2 nitrogen and oxygen atoms in total. The molecule has 2 aromatic rings. The Bertz CT molecular complexity index is 394. The molecule has 0 saturated heterocycles. The van der Waals surface area contributed by atoms with Gasteiger partial charge < -0.3 is 4.52 Å². The fraction of sp³-hybridized carbons (Fsp3) is 0.125. The van der Waals surface area contributed by atoms with Gasteiger partial charge in [-0.1, -0.05) is 11.2 Å². The van der Waals surface area contributed by atoms with Gasteiger partial charge >= 0.3 is 0 Å². The van der Waals surface area contributed by atoms with Crippen molar-refractivity contribution in [3.63, 3.8) is 0 Å². The predicted molar refractivity (Wildman–Crippen MR) is 46.4 cm³/mol. The van der Waals surface area contributed by atoms with Crippen LogP contribution in [0.25, 0.3) is 11.0 Å². The van der Waals surface area contributed by atoms with Crippen LogP contribution in [0.5, 0.6) is 0 Å². The summed E-state index contributed by atoms with van der Waals surface area (Å²) in [5.41, 5.74) is 2.01. The molecular weight excluding hydrogens is 206 g/mol. The van der Waals surface area contributed by atoms with E-state index in [0.717, 1.165) is 15.6 Å². The monoisotopic (exact) mass is 211 g/mol. The number of hydrogen-bond donors (Lipinski definition) is 0. The number of aromatic nitrogens is 1. The van der Waals surface area contributed by atoms with Crippen LogP contribution in [-0.4, -0.2) is 5.16 Å². The van der Waals surface area contributed by atoms with Crippen LogP contribution < -0.4 is 0 Å². The number of nitrogens with zero attached hydrogens (tertiary/aromatic N) is 1. The SMILES string of the molecule is Cc1ccc2c(Br)noc2c1. The van der Waals surface area contributed by atoms with Gasteiger partial charge in [-0.15, -0.1) is 0 Å². The lowest BCUT2D eigenvalue weighted by Crippen LogP contribution is -1.69. The zero-order chi connectivity index (χ0) is 7.84. The maximum absolute atomic E-state index is 5.03. The molecule has 1 heterocycles. The minimum absolute atomic E-state index is 0.771. The third-order valence-corrected chi connectivity index (χ3v) is 2.16. The van der Waals surface area contributed by atoms with Crippen LogP contribution in [-0.2, 0) is 0 Å². The lowest BCUT2D eigenvalue weighted by Gasteiger charge is -1.88. The maximum atomic E-state index is 5.03. The highest BCUT2D eigenvalue weighted by molar-refractivity contribution is 9.10. The van der Waals surface area contributed by atoms with Crippen LogP contribution in [0.15, 0.2) is 27.3 Å². The first kappa shape index (κ1) is 6.85. The highest BCUT2D eigenvalue weighted by Gasteiger charge is 2.03. The molecule has 0 fully saturated rings. The summed E-state index contributed by atoms with van der Waals surface area (Å²) >= 11 is 3.29. The van der Waals surface area contributed by atoms with E-state index in [1.54, 1.807) is 0 Å². The van der Waals surface area contributed by atoms with E-state index >= 15 is 0 Å². The standard InChI is InChI=1S/C8H6BrNO/c1-5-2-3-6-7(4-5)11-10-8(6)9/h2-4H,1H3. The summed E-state index contributed by atoms with van der Waals surface area (Å²) in [6, 6.07) is 5.99. The molecule has 1 aromatic carbocycles. The van der Waals surface area contributed by atoms with Crippen molar-refractivity contribution in [1.82, 2.24) is 5.16 Å². The van der Waals surface area contributed by atoms with Gasteiger partial charge in [0, 0.05) is 0 Å². The third-order valence-electron chi connectivity index (χ3n) is 1.58. The van der Waals surface area contributed by atoms with Crippen LogP contribution in [0.2, 0.25) is 0 Å². The quantitative estimate of drug-likeness (QED) is 0.670. The molecule has 0 amide bonds. The van der Waals surface area contributed by atoms with E-state index in [0.29, 0.717) is 0 Å². The Labute approximate surface area is 72.3 Å². The molecule has 56 valence electrons. The van der Waals surface area contributed by atoms with Gasteiger partial charge in [0.25, 0.3) is 0 Å². The molecule has 0 bridgehead atoms. The molecule has 11 heavy (non-hydrogen) atoms. The molecule has 0 aliphatic carbocycles. The highest BCUT2D eigenvalue weighted by Crippen LogP contribution is 2.23. The lowest BCUT2D eigenvalue weighted by molar-refractivity contribution is 0.451. The third kappa shape index (κ3) is 1.05. The van der Waals surface area contributed by atoms with Crippen molar-refractivity contribution in [2.45, 2.75) is 6.92 Å². The van der Waals surface area contributed by atoms with Gasteiger partial charge in [-0.05, 0) is 40.5 Å². The van der Waals surface area contributed by atoms with Gasteiger partial charge in [-0.2, -0.15) is 0 Å². The first-order valence-electron chi connectivity index (χ1n) is 3.29. The molecule has 0 spiro atoms. The van der Waals surface area contributed by atoms with Crippen LogP contribution >= 0.6 is 15.9 Å². The van der Waals surface area contributed by atoms with E-state index in [2.05, 4.69) is 21.1 Å². The van der Waals surface area contributed by atoms with Crippen LogP contribution in [0.3, 0.4) is 0 Å². The Hall–Kier alpha value is -0.830. The number of rotatable bonds is 0. The van der Waals surface area contributed by atoms with Crippen molar-refractivity contribution in [1.29, 1.82) is 0 Å². The Morgan fingerprint density at radius 1 is 1.45 bits per heavy atom. The summed E-state index contributed by atoms with van der Waals surface area (Å²) in [6.45, 7) is 2.02. The molecule has 0 aliphatic heterocycles. The van der Waals surface area contributed by atoms with Crippen molar-refractivity contribution in [3.8, 4) is 0 Å². The van der Waals surface area contributed by atoms with Crippen molar-refractivity contribution in [2.75, 3.05) is 0 Å². The minimum atomic E-state index is 0.771. The Morgan fingerprint density at radius 3 is 3.09 bits per heavy atom. The van der Waals surface area contributed by atoms with E-state index in [-0.39, 0.29) is 0 Å². The average molecular weight is 212 g/mol. The topological polar surface area (TPSA) is 26.0 Å². The van der Waals surface area contributed by atoms with Crippen molar-refractivity contribution in [3.05, 3.63) is 28.4 Å². The van der Waals surface area contributed by atoms with Crippen LogP contribution in [0.4, 0.5) is 0 Å². The normalized spacial score (nSPS) is 10.7. The molecule has 0 N–H and O–H groups in total. The fourth-order valence-electron chi connectivity index (χ4n) is 1.01. The summed E-state index contributed by atoms with van der Waals surface area (Å²) in [7, 11) is 0. The smallest absolute Gasteiger partial charge is 0.168 e. The van der Waals surface area contributed by atoms with Crippen molar-refractivity contribution in [2.24, 2.45) is 0 Å². The van der Waals surface area contributed by atoms with Gasteiger partial charge in [0.2, 0.25) is 0 Å². The Morgan fingerprint density at radius 2 is 2.27 bits per heavy atom. The molecule has 0 unspecified atom stereocenters. The summed E-state index contributed by atoms with van der Waals surface area (Å²) < 4.78 is 5.80. The number of hydrogen-bond acceptors (Lipinski definition) is 2. The highest BCUT2D eigenvalue weighted by atomic mass is 79.9. The summed E-state index contributed by atoms with van der Waals surface area (Å²) in [5, 5.41) is 4.80. The van der Waals surface area contributed by atoms with Gasteiger partial charge in [-0.25, -0.2) is 0 Å². The largest absolute Gasteiger partial charge is 0.355 e. The molecule has 1 aromatic heterocycles. The zero-order valence-electron chi connectivity index (χ0n) is 5.97. The fourth-order valence-corrected chi connectivity index (χ4v) is 1.41. The molecule has 0 atom stereocenters. The van der Waals surface area contributed by atoms with Gasteiger partial charge in [0.05, 0.1) is 5.39 Å². The summed E-state index contributed by atoms with van der Waals surface area (Å²) in [4.78, 5) is 0. The average Bonchev–Trinajstić information content (AvgIpc) is 2.32. The maximum Gasteiger partial charge on any atom is 0.168 e. The number of fused-ring (bicyclic) bond motifs is 1. The molecule has 0 radical (unpaired) electrons. The minimum Gasteiger partial charge on any atom is -0.355 e. The first-order valence-corrected chi connectivity index (χ1v) is 4.08. The Balaban J connectivity index is 2.86. The lowest BCUT2D eigenvalue weighted by atomic mass is 10.2. The number of aryl methyl sites for hydroxylation is 1. The first-order chi connectivity index (χ1) is 5.27. The molecule has 0 saturated carbocycles. The van der Waals surface area contributed by atoms with E-state index in [4.69, 9.17) is 4.52 Å². The number of halogens is 1. The van der Waals surface area contributed by atoms with E-state index in [9.17, 15) is 0 Å². The second-order valence-corrected chi connectivity index (χ2v) is 3.22. The zero-order valence-corrected chi connectivity index (χ0v) is 7.55. The molecule has 3 heteroatoms. The van der Waals surface area contributed by atoms with Crippen molar-refractivity contribution >= 4 is 26.9 Å². The molecule has 2 rings (SSSR count). The van der Waals surface area contributed by atoms with E-state index < -0.39 is 0 Å². The van der Waals surface area contributed by atoms with Gasteiger partial charge in [-0.3, -0.25) is 0 Å². The number of benzene rings is 1. The second kappa shape index (κ2) is 2.34. The molecule has 0 aliphatic rings. The van der Waals surface area contributed by atoms with E-state index in [1.165, 1.54) is 5.56 Å². The van der Waals surface area contributed by atoms with Crippen LogP contribution in [0.1, 0.15) is 5.56 Å². The van der Waals surface area contributed by atoms with E-state index in [1.807, 2.05) is 25.1 Å². The molecular formula is C8H6BrNO. The van der Waals surface area contributed by atoms with Gasteiger partial charge in [0.15, 0.2) is 10.2 Å². The second-order valence-electron chi connectivity index (χ2n) is 2.47. The van der Waals surface area contributed by atoms with Crippen LogP contribution in [0, 0.1) is 6.92 Å². The Kier molecular flexibility index (Phi) is 1.46. The van der Waals surface area contributed by atoms with Crippen molar-refractivity contribution < 1.29 is 4.52 Å². The summed E-state index contributed by atoms with van der Waals surface area (Å²) in [5.74, 6) is 0. The summed E-state index contributed by atoms with van der Waals surface area (Å²) in [6.07, 6.45) is 0. The van der Waals surface area contributed by atoms with Gasteiger partial charge in [0.1, 0.15) is 0 Å². The predicted octanol–water partition coefficient (Wildman–Crippen LogP) is 2.90.